The summed E-state index contributed by atoms with van der Waals surface area (Å²) in [6, 6.07) is 6.25. The molecule has 0 saturated heterocycles. The molecule has 1 aromatic heterocycles. The van der Waals surface area contributed by atoms with Gasteiger partial charge in [-0.15, -0.1) is 0 Å². The number of aromatic amines is 1. The summed E-state index contributed by atoms with van der Waals surface area (Å²) in [5.41, 5.74) is 0.988. The van der Waals surface area contributed by atoms with E-state index in [0.29, 0.717) is 10.0 Å². The van der Waals surface area contributed by atoms with Crippen LogP contribution < -0.4 is 5.32 Å². The molecule has 1 atom stereocenters. The minimum atomic E-state index is -0.608. The molecular weight excluding hydrogens is 407 g/mol. The Morgan fingerprint density at radius 2 is 2.09 bits per heavy atom. The highest BCUT2D eigenvalue weighted by atomic mass is 79.9. The first-order valence-electron chi connectivity index (χ1n) is 6.62. The Hall–Kier alpha value is -1.50. The molecule has 1 heterocycles. The summed E-state index contributed by atoms with van der Waals surface area (Å²) in [4.78, 5) is 26.3. The van der Waals surface area contributed by atoms with E-state index in [2.05, 4.69) is 26.2 Å². The fourth-order valence-electron chi connectivity index (χ4n) is 1.91. The van der Waals surface area contributed by atoms with Gasteiger partial charge in [0.15, 0.2) is 6.61 Å². The van der Waals surface area contributed by atoms with E-state index >= 15 is 0 Å². The molecule has 0 spiro atoms. The third-order valence-corrected chi connectivity index (χ3v) is 4.03. The van der Waals surface area contributed by atoms with Crippen molar-refractivity contribution in [1.29, 1.82) is 0 Å². The van der Waals surface area contributed by atoms with E-state index in [9.17, 15) is 9.59 Å². The van der Waals surface area contributed by atoms with E-state index in [1.54, 1.807) is 37.4 Å². The number of hydrogen-bond acceptors (Lipinski definition) is 3. The molecule has 0 saturated carbocycles. The average molecular weight is 420 g/mol. The van der Waals surface area contributed by atoms with Crippen LogP contribution in [0, 0.1) is 0 Å². The number of carbonyl (C=O) groups excluding carboxylic acids is 2. The predicted molar refractivity (Wildman–Crippen MR) is 91.8 cm³/mol. The topological polar surface area (TPSA) is 71.2 Å². The molecule has 8 heteroatoms. The maximum atomic E-state index is 11.9. The highest BCUT2D eigenvalue weighted by molar-refractivity contribution is 9.10. The zero-order valence-corrected chi connectivity index (χ0v) is 15.1. The lowest BCUT2D eigenvalue weighted by Crippen LogP contribution is -2.31. The van der Waals surface area contributed by atoms with Crippen molar-refractivity contribution in [3.8, 4) is 0 Å². The van der Waals surface area contributed by atoms with Crippen molar-refractivity contribution in [1.82, 2.24) is 10.3 Å². The Bertz CT molecular complexity index is 733. The van der Waals surface area contributed by atoms with Crippen LogP contribution in [0.1, 0.15) is 29.0 Å². The summed E-state index contributed by atoms with van der Waals surface area (Å²) >= 11 is 15.1. The second-order valence-electron chi connectivity index (χ2n) is 4.76. The first kappa shape index (κ1) is 17.8. The van der Waals surface area contributed by atoms with Crippen molar-refractivity contribution in [3.63, 3.8) is 0 Å². The third kappa shape index (κ3) is 4.99. The normalized spacial score (nSPS) is 11.8. The summed E-state index contributed by atoms with van der Waals surface area (Å²) in [6.07, 6.45) is 1.60. The van der Waals surface area contributed by atoms with Gasteiger partial charge < -0.3 is 15.0 Å². The minimum Gasteiger partial charge on any atom is -0.451 e. The van der Waals surface area contributed by atoms with Crippen molar-refractivity contribution in [2.45, 2.75) is 13.0 Å². The summed E-state index contributed by atoms with van der Waals surface area (Å²) in [7, 11) is 0. The standard InChI is InChI=1S/C15H13BrCl2N2O3/c1-8(11-3-2-10(17)5-12(11)18)20-14(21)7-23-15(22)13-4-9(16)6-19-13/h2-6,8,19H,7H2,1H3,(H,20,21). The van der Waals surface area contributed by atoms with Gasteiger partial charge in [-0.3, -0.25) is 4.79 Å². The number of esters is 1. The Balaban J connectivity index is 1.88. The van der Waals surface area contributed by atoms with Crippen molar-refractivity contribution in [3.05, 3.63) is 56.2 Å². The van der Waals surface area contributed by atoms with Gasteiger partial charge >= 0.3 is 5.97 Å². The van der Waals surface area contributed by atoms with Crippen molar-refractivity contribution in [2.75, 3.05) is 6.61 Å². The Morgan fingerprint density at radius 1 is 1.35 bits per heavy atom. The molecule has 0 bridgehead atoms. The van der Waals surface area contributed by atoms with Crippen LogP contribution in [0.2, 0.25) is 10.0 Å². The molecule has 2 N–H and O–H groups in total. The summed E-state index contributed by atoms with van der Waals surface area (Å²) < 4.78 is 5.65. The molecule has 1 aromatic carbocycles. The van der Waals surface area contributed by atoms with Gasteiger partial charge in [0.1, 0.15) is 5.69 Å². The first-order chi connectivity index (χ1) is 10.9. The van der Waals surface area contributed by atoms with Gasteiger partial charge in [0.25, 0.3) is 5.91 Å². The van der Waals surface area contributed by atoms with Crippen LogP contribution in [0.3, 0.4) is 0 Å². The van der Waals surface area contributed by atoms with E-state index in [1.807, 2.05) is 0 Å². The van der Waals surface area contributed by atoms with Gasteiger partial charge in [-0.1, -0.05) is 29.3 Å². The fraction of sp³-hybridized carbons (Fsp3) is 0.200. The predicted octanol–water partition coefficient (Wildman–Crippen LogP) is 4.12. The molecular formula is C15H13BrCl2N2O3. The van der Waals surface area contributed by atoms with Crippen LogP contribution >= 0.6 is 39.1 Å². The van der Waals surface area contributed by atoms with E-state index in [4.69, 9.17) is 27.9 Å². The maximum Gasteiger partial charge on any atom is 0.355 e. The molecule has 2 rings (SSSR count). The molecule has 122 valence electrons. The Morgan fingerprint density at radius 3 is 2.70 bits per heavy atom. The lowest BCUT2D eigenvalue weighted by atomic mass is 10.1. The second kappa shape index (κ2) is 7.86. The van der Waals surface area contributed by atoms with Gasteiger partial charge in [0, 0.05) is 20.7 Å². The number of carbonyl (C=O) groups is 2. The largest absolute Gasteiger partial charge is 0.451 e. The van der Waals surface area contributed by atoms with Gasteiger partial charge in [0.05, 0.1) is 6.04 Å². The molecule has 23 heavy (non-hydrogen) atoms. The van der Waals surface area contributed by atoms with Gasteiger partial charge in [-0.25, -0.2) is 4.79 Å². The van der Waals surface area contributed by atoms with E-state index < -0.39 is 11.9 Å². The highest BCUT2D eigenvalue weighted by Gasteiger charge is 2.15. The number of H-pyrrole nitrogens is 1. The number of hydrogen-bond donors (Lipinski definition) is 2. The van der Waals surface area contributed by atoms with Crippen LogP contribution in [-0.4, -0.2) is 23.5 Å². The molecule has 0 fully saturated rings. The van der Waals surface area contributed by atoms with Gasteiger partial charge in [0.2, 0.25) is 0 Å². The lowest BCUT2D eigenvalue weighted by Gasteiger charge is -2.16. The van der Waals surface area contributed by atoms with Crippen LogP contribution in [0.4, 0.5) is 0 Å². The van der Waals surface area contributed by atoms with E-state index in [0.717, 1.165) is 10.0 Å². The summed E-state index contributed by atoms with van der Waals surface area (Å²) in [5.74, 6) is -1.04. The molecule has 0 aliphatic carbocycles. The number of aromatic nitrogens is 1. The zero-order valence-electron chi connectivity index (χ0n) is 12.0. The second-order valence-corrected chi connectivity index (χ2v) is 6.52. The van der Waals surface area contributed by atoms with Crippen LogP contribution in [0.25, 0.3) is 0 Å². The van der Waals surface area contributed by atoms with Gasteiger partial charge in [-0.05, 0) is 46.6 Å². The number of ether oxygens (including phenoxy) is 1. The van der Waals surface area contributed by atoms with Crippen molar-refractivity contribution < 1.29 is 14.3 Å². The lowest BCUT2D eigenvalue weighted by molar-refractivity contribution is -0.124. The molecule has 5 nitrogen and oxygen atoms in total. The smallest absolute Gasteiger partial charge is 0.355 e. The van der Waals surface area contributed by atoms with Crippen LogP contribution in [0.15, 0.2) is 34.9 Å². The fourth-order valence-corrected chi connectivity index (χ4v) is 2.82. The maximum absolute atomic E-state index is 11.9. The zero-order chi connectivity index (χ0) is 17.0. The number of benzene rings is 1. The molecule has 1 amide bonds. The van der Waals surface area contributed by atoms with Crippen molar-refractivity contribution >= 4 is 51.0 Å². The first-order valence-corrected chi connectivity index (χ1v) is 8.17. The van der Waals surface area contributed by atoms with Gasteiger partial charge in [-0.2, -0.15) is 0 Å². The number of halogens is 3. The van der Waals surface area contributed by atoms with Crippen molar-refractivity contribution in [2.24, 2.45) is 0 Å². The van der Waals surface area contributed by atoms with Crippen LogP contribution in [0.5, 0.6) is 0 Å². The number of rotatable bonds is 5. The van der Waals surface area contributed by atoms with Crippen LogP contribution in [-0.2, 0) is 9.53 Å². The molecule has 0 aliphatic heterocycles. The molecule has 0 radical (unpaired) electrons. The summed E-state index contributed by atoms with van der Waals surface area (Å²) in [5, 5.41) is 3.68. The molecule has 1 unspecified atom stereocenters. The summed E-state index contributed by atoms with van der Waals surface area (Å²) in [6.45, 7) is 1.39. The SMILES string of the molecule is CC(NC(=O)COC(=O)c1cc(Br)c[nH]1)c1ccc(Cl)cc1Cl. The highest BCUT2D eigenvalue weighted by Crippen LogP contribution is 2.26. The molecule has 0 aliphatic rings. The average Bonchev–Trinajstić information content (AvgIpc) is 2.91. The molecule has 2 aromatic rings. The Kier molecular flexibility index (Phi) is 6.10. The monoisotopic (exact) mass is 418 g/mol. The van der Waals surface area contributed by atoms with E-state index in [1.165, 1.54) is 0 Å². The van der Waals surface area contributed by atoms with E-state index in [-0.39, 0.29) is 18.3 Å². The third-order valence-electron chi connectivity index (χ3n) is 3.01. The quantitative estimate of drug-likeness (QED) is 0.716. The number of amides is 1. The number of nitrogens with one attached hydrogen (secondary N) is 2. The Labute approximate surface area is 151 Å². The minimum absolute atomic E-state index is 0.262.